The Labute approximate surface area is 162 Å². The lowest BCUT2D eigenvalue weighted by Crippen LogP contribution is -2.27. The van der Waals surface area contributed by atoms with E-state index in [1.54, 1.807) is 24.3 Å². The number of amides is 1. The molecule has 27 heavy (non-hydrogen) atoms. The van der Waals surface area contributed by atoms with Crippen LogP contribution >= 0.6 is 11.6 Å². The molecule has 3 rings (SSSR count). The Hall–Kier alpha value is -3.29. The highest BCUT2D eigenvalue weighted by Gasteiger charge is 2.14. The summed E-state index contributed by atoms with van der Waals surface area (Å²) in [6, 6.07) is 22.0. The van der Waals surface area contributed by atoms with Gasteiger partial charge < -0.3 is 9.73 Å². The minimum atomic E-state index is -0.446. The number of hydrogen-bond acceptors (Lipinski definition) is 3. The standard InChI is InChI=1S/C22H17ClN2O2/c1-15(16-5-3-2-4-6-16)25-22(26)18(14-24)13-20-11-12-21(27-20)17-7-9-19(23)10-8-17/h2-13,15H,1H3,(H,25,26)/b18-13-/t15-/m0/s1. The van der Waals surface area contributed by atoms with Gasteiger partial charge in [0.05, 0.1) is 6.04 Å². The van der Waals surface area contributed by atoms with Crippen LogP contribution < -0.4 is 5.32 Å². The monoisotopic (exact) mass is 376 g/mol. The third kappa shape index (κ3) is 4.66. The summed E-state index contributed by atoms with van der Waals surface area (Å²) in [5.41, 5.74) is 1.81. The molecule has 1 aromatic heterocycles. The summed E-state index contributed by atoms with van der Waals surface area (Å²) in [6.07, 6.45) is 1.44. The van der Waals surface area contributed by atoms with Gasteiger partial charge in [-0.3, -0.25) is 4.79 Å². The molecule has 134 valence electrons. The Kier molecular flexibility index (Phi) is 5.75. The molecule has 1 heterocycles. The topological polar surface area (TPSA) is 66.0 Å². The maximum absolute atomic E-state index is 12.4. The molecule has 0 saturated heterocycles. The van der Waals surface area contributed by atoms with Crippen LogP contribution in [0.2, 0.25) is 5.02 Å². The van der Waals surface area contributed by atoms with Gasteiger partial charge in [-0.25, -0.2) is 0 Å². The molecule has 0 unspecified atom stereocenters. The molecule has 0 aliphatic heterocycles. The number of carbonyl (C=O) groups excluding carboxylic acids is 1. The predicted molar refractivity (Wildman–Crippen MR) is 106 cm³/mol. The van der Waals surface area contributed by atoms with Crippen molar-refractivity contribution < 1.29 is 9.21 Å². The average molecular weight is 377 g/mol. The maximum atomic E-state index is 12.4. The van der Waals surface area contributed by atoms with E-state index in [2.05, 4.69) is 5.32 Å². The van der Waals surface area contributed by atoms with Crippen molar-refractivity contribution in [2.24, 2.45) is 0 Å². The van der Waals surface area contributed by atoms with Gasteiger partial charge in [-0.2, -0.15) is 5.26 Å². The van der Waals surface area contributed by atoms with Crippen molar-refractivity contribution in [2.45, 2.75) is 13.0 Å². The van der Waals surface area contributed by atoms with E-state index in [0.29, 0.717) is 16.5 Å². The lowest BCUT2D eigenvalue weighted by molar-refractivity contribution is -0.117. The fourth-order valence-corrected chi connectivity index (χ4v) is 2.72. The second-order valence-electron chi connectivity index (χ2n) is 5.98. The Morgan fingerprint density at radius 2 is 1.81 bits per heavy atom. The molecule has 0 saturated carbocycles. The van der Waals surface area contributed by atoms with Crippen LogP contribution in [0.1, 0.15) is 24.3 Å². The second-order valence-corrected chi connectivity index (χ2v) is 6.42. The van der Waals surface area contributed by atoms with Gasteiger partial charge in [0.1, 0.15) is 23.2 Å². The Morgan fingerprint density at radius 1 is 1.11 bits per heavy atom. The lowest BCUT2D eigenvalue weighted by atomic mass is 10.1. The summed E-state index contributed by atoms with van der Waals surface area (Å²) in [4.78, 5) is 12.4. The van der Waals surface area contributed by atoms with Gasteiger partial charge in [0.15, 0.2) is 0 Å². The van der Waals surface area contributed by atoms with E-state index >= 15 is 0 Å². The molecule has 0 spiro atoms. The number of carbonyl (C=O) groups is 1. The minimum Gasteiger partial charge on any atom is -0.457 e. The van der Waals surface area contributed by atoms with Gasteiger partial charge in [-0.1, -0.05) is 41.9 Å². The van der Waals surface area contributed by atoms with E-state index in [-0.39, 0.29) is 11.6 Å². The molecule has 4 nitrogen and oxygen atoms in total. The van der Waals surface area contributed by atoms with Crippen LogP contribution in [-0.2, 0) is 4.79 Å². The van der Waals surface area contributed by atoms with Gasteiger partial charge in [0, 0.05) is 16.7 Å². The van der Waals surface area contributed by atoms with E-state index in [1.165, 1.54) is 6.08 Å². The summed E-state index contributed by atoms with van der Waals surface area (Å²) in [6.45, 7) is 1.87. The van der Waals surface area contributed by atoms with Crippen molar-refractivity contribution in [3.8, 4) is 17.4 Å². The van der Waals surface area contributed by atoms with Crippen LogP contribution in [0.3, 0.4) is 0 Å². The van der Waals surface area contributed by atoms with Crippen LogP contribution in [0, 0.1) is 11.3 Å². The number of nitriles is 1. The Morgan fingerprint density at radius 3 is 2.48 bits per heavy atom. The van der Waals surface area contributed by atoms with Crippen LogP contribution in [-0.4, -0.2) is 5.91 Å². The third-order valence-electron chi connectivity index (χ3n) is 4.05. The Balaban J connectivity index is 1.75. The lowest BCUT2D eigenvalue weighted by Gasteiger charge is -2.13. The molecule has 3 aromatic rings. The number of nitrogens with one attached hydrogen (secondary N) is 1. The van der Waals surface area contributed by atoms with Crippen molar-refractivity contribution >= 4 is 23.6 Å². The molecule has 5 heteroatoms. The normalized spacial score (nSPS) is 12.3. The van der Waals surface area contributed by atoms with Crippen molar-refractivity contribution in [3.05, 3.63) is 88.6 Å². The maximum Gasteiger partial charge on any atom is 0.262 e. The summed E-state index contributed by atoms with van der Waals surface area (Å²) in [7, 11) is 0. The van der Waals surface area contributed by atoms with E-state index in [9.17, 15) is 10.1 Å². The Bertz CT molecular complexity index is 999. The van der Waals surface area contributed by atoms with Crippen molar-refractivity contribution in [2.75, 3.05) is 0 Å². The van der Waals surface area contributed by atoms with Crippen molar-refractivity contribution in [1.29, 1.82) is 5.26 Å². The molecular weight excluding hydrogens is 360 g/mol. The molecule has 0 fully saturated rings. The summed E-state index contributed by atoms with van der Waals surface area (Å²) in [5.74, 6) is 0.616. The number of benzene rings is 2. The zero-order chi connectivity index (χ0) is 19.2. The van der Waals surface area contributed by atoms with Crippen LogP contribution in [0.15, 0.2) is 76.7 Å². The number of hydrogen-bond donors (Lipinski definition) is 1. The van der Waals surface area contributed by atoms with E-state index in [0.717, 1.165) is 11.1 Å². The minimum absolute atomic E-state index is 0.0187. The fourth-order valence-electron chi connectivity index (χ4n) is 2.59. The van der Waals surface area contributed by atoms with Gasteiger partial charge >= 0.3 is 0 Å². The zero-order valence-corrected chi connectivity index (χ0v) is 15.4. The largest absolute Gasteiger partial charge is 0.457 e. The van der Waals surface area contributed by atoms with Crippen LogP contribution in [0.25, 0.3) is 17.4 Å². The first-order chi connectivity index (χ1) is 13.1. The first kappa shape index (κ1) is 18.5. The summed E-state index contributed by atoms with van der Waals surface area (Å²) in [5, 5.41) is 12.8. The van der Waals surface area contributed by atoms with Gasteiger partial charge in [-0.15, -0.1) is 0 Å². The summed E-state index contributed by atoms with van der Waals surface area (Å²) < 4.78 is 5.73. The average Bonchev–Trinajstić information content (AvgIpc) is 3.16. The highest BCUT2D eigenvalue weighted by atomic mass is 35.5. The third-order valence-corrected chi connectivity index (χ3v) is 4.31. The molecule has 1 N–H and O–H groups in total. The highest BCUT2D eigenvalue weighted by Crippen LogP contribution is 2.25. The number of furan rings is 1. The fraction of sp³-hybridized carbons (Fsp3) is 0.0909. The van der Waals surface area contributed by atoms with Crippen LogP contribution in [0.5, 0.6) is 0 Å². The molecule has 0 aliphatic carbocycles. The predicted octanol–water partition coefficient (Wildman–Crippen LogP) is 5.38. The highest BCUT2D eigenvalue weighted by molar-refractivity contribution is 6.30. The molecule has 0 aliphatic rings. The van der Waals surface area contributed by atoms with E-state index < -0.39 is 5.91 Å². The molecule has 0 bridgehead atoms. The zero-order valence-electron chi connectivity index (χ0n) is 14.6. The van der Waals surface area contributed by atoms with Gasteiger partial charge in [0.25, 0.3) is 5.91 Å². The van der Waals surface area contributed by atoms with E-state index in [1.807, 2.05) is 55.5 Å². The van der Waals surface area contributed by atoms with Gasteiger partial charge in [0.2, 0.25) is 0 Å². The molecule has 1 amide bonds. The first-order valence-electron chi connectivity index (χ1n) is 8.40. The van der Waals surface area contributed by atoms with Crippen molar-refractivity contribution in [3.63, 3.8) is 0 Å². The quantitative estimate of drug-likeness (QED) is 0.480. The molecule has 2 aromatic carbocycles. The molecular formula is C22H17ClN2O2. The smallest absolute Gasteiger partial charge is 0.262 e. The second kappa shape index (κ2) is 8.39. The number of rotatable bonds is 5. The van der Waals surface area contributed by atoms with Crippen molar-refractivity contribution in [1.82, 2.24) is 5.32 Å². The molecule has 1 atom stereocenters. The first-order valence-corrected chi connectivity index (χ1v) is 8.78. The molecule has 0 radical (unpaired) electrons. The number of nitrogens with zero attached hydrogens (tertiary/aromatic N) is 1. The summed E-state index contributed by atoms with van der Waals surface area (Å²) >= 11 is 5.89. The SMILES string of the molecule is C[C@H](NC(=O)/C(C#N)=C\c1ccc(-c2ccc(Cl)cc2)o1)c1ccccc1. The van der Waals surface area contributed by atoms with Crippen LogP contribution in [0.4, 0.5) is 0 Å². The van der Waals surface area contributed by atoms with E-state index in [4.69, 9.17) is 16.0 Å². The number of halogens is 1. The van der Waals surface area contributed by atoms with Gasteiger partial charge in [-0.05, 0) is 48.9 Å².